The summed E-state index contributed by atoms with van der Waals surface area (Å²) in [6, 6.07) is 8.32. The number of carbonyl (C=O) groups excluding carboxylic acids is 1. The Balaban J connectivity index is 1.77. The van der Waals surface area contributed by atoms with E-state index in [-0.39, 0.29) is 22.0 Å². The van der Waals surface area contributed by atoms with E-state index in [1.54, 1.807) is 18.3 Å². The van der Waals surface area contributed by atoms with Crippen molar-refractivity contribution >= 4 is 17.6 Å². The molecule has 3 rings (SSSR count). The predicted octanol–water partition coefficient (Wildman–Crippen LogP) is 3.63. The zero-order valence-electron chi connectivity index (χ0n) is 16.0. The van der Waals surface area contributed by atoms with E-state index >= 15 is 0 Å². The Labute approximate surface area is 159 Å². The fraction of sp³-hybridized carbons (Fsp3) is 0.476. The molecule has 0 spiro atoms. The van der Waals surface area contributed by atoms with E-state index in [0.717, 1.165) is 25.8 Å². The lowest BCUT2D eigenvalue weighted by Crippen LogP contribution is -2.33. The van der Waals surface area contributed by atoms with Crippen molar-refractivity contribution in [2.45, 2.75) is 46.1 Å². The summed E-state index contributed by atoms with van der Waals surface area (Å²) in [5.41, 5.74) is 0.931. The molecule has 1 aromatic rings. The summed E-state index contributed by atoms with van der Waals surface area (Å²) >= 11 is 0. The van der Waals surface area contributed by atoms with Gasteiger partial charge in [0.2, 0.25) is 0 Å². The summed E-state index contributed by atoms with van der Waals surface area (Å²) < 4.78 is 0. The fourth-order valence-electron chi connectivity index (χ4n) is 4.89. The first-order chi connectivity index (χ1) is 12.6. The van der Waals surface area contributed by atoms with E-state index in [1.165, 1.54) is 12.1 Å². The first-order valence-corrected chi connectivity index (χ1v) is 9.13. The quantitative estimate of drug-likeness (QED) is 0.626. The molecule has 1 saturated heterocycles. The first-order valence-electron chi connectivity index (χ1n) is 9.13. The van der Waals surface area contributed by atoms with E-state index in [2.05, 4.69) is 31.0 Å². The van der Waals surface area contributed by atoms with Crippen LogP contribution in [0.1, 0.15) is 50.4 Å². The molecule has 1 heterocycles. The van der Waals surface area contributed by atoms with Crippen molar-refractivity contribution in [1.82, 2.24) is 4.90 Å². The Morgan fingerprint density at radius 2 is 2.07 bits per heavy atom. The molecule has 0 radical (unpaired) electrons. The summed E-state index contributed by atoms with van der Waals surface area (Å²) in [5.74, 6) is -1.59. The highest BCUT2D eigenvalue weighted by Gasteiger charge is 2.48. The van der Waals surface area contributed by atoms with Crippen molar-refractivity contribution in [3.05, 3.63) is 41.6 Å². The van der Waals surface area contributed by atoms with Gasteiger partial charge < -0.3 is 15.3 Å². The third kappa shape index (κ3) is 4.13. The molecule has 1 aliphatic carbocycles. The number of carboxylic acids is 1. The second-order valence-corrected chi connectivity index (χ2v) is 8.88. The summed E-state index contributed by atoms with van der Waals surface area (Å²) in [4.78, 5) is 25.7. The van der Waals surface area contributed by atoms with Crippen LogP contribution in [0.25, 0.3) is 0 Å². The van der Waals surface area contributed by atoms with Crippen molar-refractivity contribution in [3.63, 3.8) is 0 Å². The number of carboxylic acid groups (broad SMARTS) is 1. The second kappa shape index (κ2) is 6.73. The van der Waals surface area contributed by atoms with Gasteiger partial charge in [-0.2, -0.15) is 5.26 Å². The predicted molar refractivity (Wildman–Crippen MR) is 102 cm³/mol. The molecule has 1 aliphatic heterocycles. The Morgan fingerprint density at radius 1 is 1.33 bits per heavy atom. The van der Waals surface area contributed by atoms with Gasteiger partial charge in [-0.3, -0.25) is 4.79 Å². The van der Waals surface area contributed by atoms with Crippen molar-refractivity contribution < 1.29 is 14.7 Å². The Bertz CT molecular complexity index is 852. The maximum Gasteiger partial charge on any atom is 0.335 e. The molecular formula is C21H25N3O3. The number of aromatic carboxylic acids is 1. The number of benzene rings is 1. The maximum atomic E-state index is 12.5. The van der Waals surface area contributed by atoms with Crippen LogP contribution in [0.15, 0.2) is 36.0 Å². The molecular weight excluding hydrogens is 342 g/mol. The average molecular weight is 367 g/mol. The summed E-state index contributed by atoms with van der Waals surface area (Å²) in [6.45, 7) is 7.67. The van der Waals surface area contributed by atoms with Crippen LogP contribution in [0, 0.1) is 22.2 Å². The van der Waals surface area contributed by atoms with Gasteiger partial charge in [-0.15, -0.1) is 0 Å². The Hall–Kier alpha value is -2.81. The maximum absolute atomic E-state index is 12.5. The minimum absolute atomic E-state index is 0.0321. The van der Waals surface area contributed by atoms with Gasteiger partial charge in [0, 0.05) is 24.5 Å². The molecule has 2 N–H and O–H groups in total. The average Bonchev–Trinajstić information content (AvgIpc) is 2.80. The van der Waals surface area contributed by atoms with E-state index < -0.39 is 11.9 Å². The van der Waals surface area contributed by atoms with Crippen molar-refractivity contribution in [2.24, 2.45) is 10.8 Å². The SMILES string of the molecule is CC1(C)CC2CC(C)(CN2/C=C(/C#N)C(=O)Nc2cccc(C(=O)O)c2)C1. The summed E-state index contributed by atoms with van der Waals surface area (Å²) in [7, 11) is 0. The van der Waals surface area contributed by atoms with Crippen LogP contribution in [0.2, 0.25) is 0 Å². The number of hydrogen-bond acceptors (Lipinski definition) is 4. The summed E-state index contributed by atoms with van der Waals surface area (Å²) in [6.07, 6.45) is 4.93. The molecule has 2 unspecified atom stereocenters. The van der Waals surface area contributed by atoms with Gasteiger partial charge in [-0.05, 0) is 48.3 Å². The molecule has 2 fully saturated rings. The Kier molecular flexibility index (Phi) is 4.73. The normalized spacial score (nSPS) is 26.4. The second-order valence-electron chi connectivity index (χ2n) is 8.88. The molecule has 2 bridgehead atoms. The minimum Gasteiger partial charge on any atom is -0.478 e. The van der Waals surface area contributed by atoms with Gasteiger partial charge in [-0.1, -0.05) is 26.8 Å². The van der Waals surface area contributed by atoms with E-state index in [0.29, 0.717) is 11.7 Å². The number of nitrogens with zero attached hydrogens (tertiary/aromatic N) is 2. The molecule has 1 amide bonds. The lowest BCUT2D eigenvalue weighted by Gasteiger charge is -2.39. The van der Waals surface area contributed by atoms with Crippen LogP contribution in [0.3, 0.4) is 0 Å². The number of nitrogens with one attached hydrogen (secondary N) is 1. The van der Waals surface area contributed by atoms with E-state index in [9.17, 15) is 14.9 Å². The molecule has 142 valence electrons. The topological polar surface area (TPSA) is 93.4 Å². The molecule has 6 nitrogen and oxygen atoms in total. The highest BCUT2D eigenvalue weighted by Crippen LogP contribution is 2.52. The lowest BCUT2D eigenvalue weighted by atomic mass is 9.65. The molecule has 0 aromatic heterocycles. The number of fused-ring (bicyclic) bond motifs is 2. The standard InChI is InChI=1S/C21H25N3O3/c1-20(2)8-17-9-21(3,12-20)13-24(17)11-15(10-22)18(25)23-16-6-4-5-14(7-16)19(26)27/h4-7,11,17H,8-9,12-13H2,1-3H3,(H,23,25)(H,26,27)/b15-11-. The smallest absolute Gasteiger partial charge is 0.335 e. The fourth-order valence-corrected chi connectivity index (χ4v) is 4.89. The van der Waals surface area contributed by atoms with Gasteiger partial charge in [0.05, 0.1) is 5.56 Å². The van der Waals surface area contributed by atoms with Crippen LogP contribution >= 0.6 is 0 Å². The van der Waals surface area contributed by atoms with Crippen molar-refractivity contribution in [2.75, 3.05) is 11.9 Å². The van der Waals surface area contributed by atoms with Gasteiger partial charge >= 0.3 is 5.97 Å². The zero-order chi connectivity index (χ0) is 19.8. The van der Waals surface area contributed by atoms with Crippen molar-refractivity contribution in [3.8, 4) is 6.07 Å². The number of rotatable bonds is 4. The zero-order valence-corrected chi connectivity index (χ0v) is 16.0. The third-order valence-corrected chi connectivity index (χ3v) is 5.48. The van der Waals surface area contributed by atoms with Gasteiger partial charge in [0.1, 0.15) is 11.6 Å². The minimum atomic E-state index is -1.07. The molecule has 6 heteroatoms. The van der Waals surface area contributed by atoms with Crippen LogP contribution in [-0.4, -0.2) is 34.5 Å². The van der Waals surface area contributed by atoms with Crippen LogP contribution in [0.4, 0.5) is 5.69 Å². The molecule has 27 heavy (non-hydrogen) atoms. The van der Waals surface area contributed by atoms with Crippen molar-refractivity contribution in [1.29, 1.82) is 5.26 Å². The third-order valence-electron chi connectivity index (χ3n) is 5.48. The van der Waals surface area contributed by atoms with Gasteiger partial charge in [0.15, 0.2) is 0 Å². The van der Waals surface area contributed by atoms with Crippen LogP contribution in [0.5, 0.6) is 0 Å². The van der Waals surface area contributed by atoms with Gasteiger partial charge in [0.25, 0.3) is 5.91 Å². The molecule has 1 aromatic carbocycles. The van der Waals surface area contributed by atoms with Crippen LogP contribution < -0.4 is 5.32 Å². The number of amides is 1. The number of hydrogen-bond donors (Lipinski definition) is 2. The monoisotopic (exact) mass is 367 g/mol. The number of likely N-dealkylation sites (tertiary alicyclic amines) is 1. The van der Waals surface area contributed by atoms with Gasteiger partial charge in [-0.25, -0.2) is 4.79 Å². The van der Waals surface area contributed by atoms with Crippen LogP contribution in [-0.2, 0) is 4.79 Å². The van der Waals surface area contributed by atoms with E-state index in [4.69, 9.17) is 5.11 Å². The lowest BCUT2D eigenvalue weighted by molar-refractivity contribution is -0.112. The molecule has 1 saturated carbocycles. The first kappa shape index (κ1) is 19.0. The molecule has 2 aliphatic rings. The highest BCUT2D eigenvalue weighted by molar-refractivity contribution is 6.06. The number of carbonyl (C=O) groups is 2. The Morgan fingerprint density at radius 3 is 2.74 bits per heavy atom. The highest BCUT2D eigenvalue weighted by atomic mass is 16.4. The molecule has 2 atom stereocenters. The number of anilines is 1. The largest absolute Gasteiger partial charge is 0.478 e. The van der Waals surface area contributed by atoms with E-state index in [1.807, 2.05) is 6.07 Å². The number of nitriles is 1. The summed E-state index contributed by atoms with van der Waals surface area (Å²) in [5, 5.41) is 21.2.